The van der Waals surface area contributed by atoms with Crippen LogP contribution in [0, 0.1) is 6.92 Å². The van der Waals surface area contributed by atoms with Gasteiger partial charge in [0.1, 0.15) is 11.3 Å². The van der Waals surface area contributed by atoms with Gasteiger partial charge >= 0.3 is 0 Å². The zero-order chi connectivity index (χ0) is 19.1. The number of rotatable bonds is 3. The maximum Gasteiger partial charge on any atom is 0.180 e. The number of nitrogens with zero attached hydrogens (tertiary/aromatic N) is 5. The Morgan fingerprint density at radius 3 is 2.75 bits per heavy atom. The maximum atomic E-state index is 5.53. The lowest BCUT2D eigenvalue weighted by atomic mass is 10.0. The summed E-state index contributed by atoms with van der Waals surface area (Å²) in [6.07, 6.45) is 5.69. The van der Waals surface area contributed by atoms with Crippen LogP contribution >= 0.6 is 0 Å². The zero-order valence-electron chi connectivity index (χ0n) is 15.9. The minimum Gasteiger partial charge on any atom is -0.494 e. The average Bonchev–Trinajstić information content (AvgIpc) is 3.17. The fourth-order valence-corrected chi connectivity index (χ4v) is 3.78. The summed E-state index contributed by atoms with van der Waals surface area (Å²) in [4.78, 5) is 16.2. The third-order valence-electron chi connectivity index (χ3n) is 5.18. The number of aromatic nitrogens is 4. The molecule has 1 saturated heterocycles. The number of benzene rings is 1. The van der Waals surface area contributed by atoms with Crippen LogP contribution in [0.25, 0.3) is 27.8 Å². The number of fused-ring (bicyclic) bond motifs is 2. The van der Waals surface area contributed by atoms with Crippen molar-refractivity contribution in [3.05, 3.63) is 48.5 Å². The predicted molar refractivity (Wildman–Crippen MR) is 108 cm³/mol. The molecular formula is C21H21N5O2. The highest BCUT2D eigenvalue weighted by Crippen LogP contribution is 2.34. The van der Waals surface area contributed by atoms with E-state index < -0.39 is 0 Å². The van der Waals surface area contributed by atoms with Crippen molar-refractivity contribution in [1.82, 2.24) is 19.4 Å². The molecule has 4 aromatic rings. The summed E-state index contributed by atoms with van der Waals surface area (Å²) in [5.74, 6) is 1.66. The van der Waals surface area contributed by atoms with Crippen LogP contribution in [0.4, 0.5) is 5.82 Å². The minimum absolute atomic E-state index is 0.713. The molecule has 7 heteroatoms. The molecule has 1 aliphatic heterocycles. The zero-order valence-corrected chi connectivity index (χ0v) is 15.9. The molecule has 5 rings (SSSR count). The van der Waals surface area contributed by atoms with Gasteiger partial charge in [-0.1, -0.05) is 6.07 Å². The van der Waals surface area contributed by atoms with E-state index in [-0.39, 0.29) is 0 Å². The van der Waals surface area contributed by atoms with Crippen molar-refractivity contribution in [2.75, 3.05) is 38.3 Å². The SMILES string of the molecule is COc1ccc(-c2cnc3c(N4CCOCC4)nccn23)c2ccc(C)nc12. The number of imidazole rings is 1. The van der Waals surface area contributed by atoms with Gasteiger partial charge in [0.2, 0.25) is 0 Å². The van der Waals surface area contributed by atoms with Crippen molar-refractivity contribution in [2.24, 2.45) is 0 Å². The Kier molecular flexibility index (Phi) is 4.09. The Morgan fingerprint density at radius 1 is 1.07 bits per heavy atom. The Bertz CT molecular complexity index is 1160. The van der Waals surface area contributed by atoms with Gasteiger partial charge in [0.05, 0.1) is 32.2 Å². The molecule has 0 saturated carbocycles. The number of methoxy groups -OCH3 is 1. The molecule has 0 aliphatic carbocycles. The fraction of sp³-hybridized carbons (Fsp3) is 0.286. The molecular weight excluding hydrogens is 354 g/mol. The molecule has 0 radical (unpaired) electrons. The van der Waals surface area contributed by atoms with Gasteiger partial charge < -0.3 is 14.4 Å². The number of pyridine rings is 1. The summed E-state index contributed by atoms with van der Waals surface area (Å²) >= 11 is 0. The van der Waals surface area contributed by atoms with Crippen molar-refractivity contribution < 1.29 is 9.47 Å². The molecule has 7 nitrogen and oxygen atoms in total. The van der Waals surface area contributed by atoms with Crippen LogP contribution in [0.1, 0.15) is 5.69 Å². The molecule has 142 valence electrons. The van der Waals surface area contributed by atoms with Gasteiger partial charge in [-0.25, -0.2) is 15.0 Å². The molecule has 0 unspecified atom stereocenters. The molecule has 0 atom stereocenters. The summed E-state index contributed by atoms with van der Waals surface area (Å²) in [7, 11) is 1.67. The summed E-state index contributed by atoms with van der Waals surface area (Å²) in [5, 5.41) is 1.04. The van der Waals surface area contributed by atoms with E-state index >= 15 is 0 Å². The number of hydrogen-bond donors (Lipinski definition) is 0. The lowest BCUT2D eigenvalue weighted by Gasteiger charge is -2.27. The van der Waals surface area contributed by atoms with Gasteiger partial charge in [-0.2, -0.15) is 0 Å². The lowest BCUT2D eigenvalue weighted by Crippen LogP contribution is -2.37. The van der Waals surface area contributed by atoms with Crippen molar-refractivity contribution in [1.29, 1.82) is 0 Å². The van der Waals surface area contributed by atoms with Crippen molar-refractivity contribution in [3.63, 3.8) is 0 Å². The van der Waals surface area contributed by atoms with Crippen LogP contribution in [-0.4, -0.2) is 52.8 Å². The van der Waals surface area contributed by atoms with Gasteiger partial charge in [0.25, 0.3) is 0 Å². The molecule has 0 bridgehead atoms. The van der Waals surface area contributed by atoms with Gasteiger partial charge in [-0.05, 0) is 25.1 Å². The molecule has 1 aliphatic rings. The average molecular weight is 375 g/mol. The number of hydrogen-bond acceptors (Lipinski definition) is 6. The standard InChI is InChI=1S/C21H21N5O2/c1-14-3-4-16-15(5-6-18(27-2)19(16)24-14)17-13-23-21-20(22-7-8-26(17)21)25-9-11-28-12-10-25/h3-8,13H,9-12H2,1-2H3. The Labute approximate surface area is 162 Å². The Hall–Kier alpha value is -3.19. The molecule has 1 aromatic carbocycles. The van der Waals surface area contributed by atoms with E-state index in [1.54, 1.807) is 7.11 Å². The highest BCUT2D eigenvalue weighted by Gasteiger charge is 2.19. The van der Waals surface area contributed by atoms with Gasteiger partial charge in [0.15, 0.2) is 11.5 Å². The first-order valence-electron chi connectivity index (χ1n) is 9.36. The van der Waals surface area contributed by atoms with Gasteiger partial charge in [0, 0.05) is 42.1 Å². The molecule has 4 heterocycles. The molecule has 3 aromatic heterocycles. The monoisotopic (exact) mass is 375 g/mol. The third kappa shape index (κ3) is 2.66. The smallest absolute Gasteiger partial charge is 0.180 e. The molecule has 0 amide bonds. The summed E-state index contributed by atoms with van der Waals surface area (Å²) < 4.78 is 13.1. The summed E-state index contributed by atoms with van der Waals surface area (Å²) in [5.41, 5.74) is 4.74. The van der Waals surface area contributed by atoms with E-state index in [1.807, 2.05) is 37.6 Å². The van der Waals surface area contributed by atoms with Crippen LogP contribution in [-0.2, 0) is 4.74 Å². The predicted octanol–water partition coefficient (Wildman–Crippen LogP) is 3.10. The second-order valence-electron chi connectivity index (χ2n) is 6.85. The highest BCUT2D eigenvalue weighted by molar-refractivity contribution is 5.97. The highest BCUT2D eigenvalue weighted by atomic mass is 16.5. The fourth-order valence-electron chi connectivity index (χ4n) is 3.78. The first-order chi connectivity index (χ1) is 13.8. The third-order valence-corrected chi connectivity index (χ3v) is 5.18. The normalized spacial score (nSPS) is 14.7. The van der Waals surface area contributed by atoms with Gasteiger partial charge in [-0.3, -0.25) is 4.40 Å². The van der Waals surface area contributed by atoms with E-state index in [9.17, 15) is 0 Å². The van der Waals surface area contributed by atoms with Crippen molar-refractivity contribution in [2.45, 2.75) is 6.92 Å². The molecule has 1 fully saturated rings. The van der Waals surface area contributed by atoms with Gasteiger partial charge in [-0.15, -0.1) is 0 Å². The van der Waals surface area contributed by atoms with E-state index in [1.165, 1.54) is 0 Å². The van der Waals surface area contributed by atoms with E-state index in [4.69, 9.17) is 19.4 Å². The second kappa shape index (κ2) is 6.76. The molecule has 0 N–H and O–H groups in total. The largest absolute Gasteiger partial charge is 0.494 e. The molecule has 28 heavy (non-hydrogen) atoms. The lowest BCUT2D eigenvalue weighted by molar-refractivity contribution is 0.122. The second-order valence-corrected chi connectivity index (χ2v) is 6.85. The number of morpholine rings is 1. The van der Waals surface area contributed by atoms with E-state index in [2.05, 4.69) is 26.4 Å². The first kappa shape index (κ1) is 16.9. The Balaban J connectivity index is 1.70. The first-order valence-corrected chi connectivity index (χ1v) is 9.36. The Morgan fingerprint density at radius 2 is 1.93 bits per heavy atom. The maximum absolute atomic E-state index is 5.53. The number of ether oxygens (including phenoxy) is 2. The van der Waals surface area contributed by atoms with Crippen LogP contribution in [0.5, 0.6) is 5.75 Å². The van der Waals surface area contributed by atoms with Crippen molar-refractivity contribution >= 4 is 22.4 Å². The minimum atomic E-state index is 0.713. The van der Waals surface area contributed by atoms with E-state index in [0.717, 1.165) is 58.2 Å². The summed E-state index contributed by atoms with van der Waals surface area (Å²) in [6, 6.07) is 8.15. The van der Waals surface area contributed by atoms with Crippen LogP contribution in [0.15, 0.2) is 42.9 Å². The summed E-state index contributed by atoms with van der Waals surface area (Å²) in [6.45, 7) is 5.06. The van der Waals surface area contributed by atoms with Crippen LogP contribution < -0.4 is 9.64 Å². The van der Waals surface area contributed by atoms with E-state index in [0.29, 0.717) is 13.2 Å². The topological polar surface area (TPSA) is 64.8 Å². The molecule has 0 spiro atoms. The van der Waals surface area contributed by atoms with Crippen LogP contribution in [0.3, 0.4) is 0 Å². The van der Waals surface area contributed by atoms with Crippen molar-refractivity contribution in [3.8, 4) is 17.0 Å². The number of anilines is 1. The quantitative estimate of drug-likeness (QED) is 0.548. The number of aryl methyl sites for hydroxylation is 1. The van der Waals surface area contributed by atoms with Crippen LogP contribution in [0.2, 0.25) is 0 Å².